The Labute approximate surface area is 105 Å². The predicted octanol–water partition coefficient (Wildman–Crippen LogP) is 2.01. The van der Waals surface area contributed by atoms with Crippen molar-refractivity contribution in [1.82, 2.24) is 4.98 Å². The summed E-state index contributed by atoms with van der Waals surface area (Å²) >= 11 is 0. The maximum Gasteiger partial charge on any atom is 0.339 e. The smallest absolute Gasteiger partial charge is 0.339 e. The summed E-state index contributed by atoms with van der Waals surface area (Å²) < 4.78 is 5.16. The fourth-order valence-electron chi connectivity index (χ4n) is 1.92. The van der Waals surface area contributed by atoms with Crippen molar-refractivity contribution < 1.29 is 14.6 Å². The lowest BCUT2D eigenvalue weighted by atomic mass is 10.1. The minimum Gasteiger partial charge on any atom is -0.497 e. The third-order valence-corrected chi connectivity index (χ3v) is 2.72. The van der Waals surface area contributed by atoms with Crippen LogP contribution in [0.4, 0.5) is 5.69 Å². The van der Waals surface area contributed by atoms with Crippen LogP contribution in [0.3, 0.4) is 0 Å². The van der Waals surface area contributed by atoms with Gasteiger partial charge in [0, 0.05) is 25.7 Å². The van der Waals surface area contributed by atoms with Crippen molar-refractivity contribution in [2.45, 2.75) is 0 Å². The second-order valence-corrected chi connectivity index (χ2v) is 4.10. The maximum atomic E-state index is 11.2. The molecule has 94 valence electrons. The molecule has 0 unspecified atom stereocenters. The van der Waals surface area contributed by atoms with Crippen molar-refractivity contribution in [3.8, 4) is 5.75 Å². The third kappa shape index (κ3) is 1.95. The van der Waals surface area contributed by atoms with E-state index in [4.69, 9.17) is 4.74 Å². The number of aromatic nitrogens is 1. The highest BCUT2D eigenvalue weighted by Gasteiger charge is 2.16. The highest BCUT2D eigenvalue weighted by molar-refractivity contribution is 6.04. The van der Waals surface area contributed by atoms with Gasteiger partial charge < -0.3 is 14.7 Å². The molecule has 0 aliphatic carbocycles. The van der Waals surface area contributed by atoms with Gasteiger partial charge in [0.15, 0.2) is 0 Å². The van der Waals surface area contributed by atoms with Crippen LogP contribution >= 0.6 is 0 Å². The highest BCUT2D eigenvalue weighted by Crippen LogP contribution is 2.30. The number of benzene rings is 1. The molecule has 1 N–H and O–H groups in total. The molecule has 5 nitrogen and oxygen atoms in total. The van der Waals surface area contributed by atoms with Crippen LogP contribution in [0.1, 0.15) is 10.4 Å². The molecule has 0 atom stereocenters. The molecule has 0 aliphatic heterocycles. The monoisotopic (exact) mass is 246 g/mol. The molecule has 5 heteroatoms. The summed E-state index contributed by atoms with van der Waals surface area (Å²) in [5.41, 5.74) is 1.55. The first kappa shape index (κ1) is 12.2. The van der Waals surface area contributed by atoms with Crippen molar-refractivity contribution in [2.75, 3.05) is 26.1 Å². The molecule has 2 rings (SSSR count). The van der Waals surface area contributed by atoms with E-state index in [1.807, 2.05) is 6.07 Å². The zero-order valence-corrected chi connectivity index (χ0v) is 10.5. The average molecular weight is 246 g/mol. The summed E-state index contributed by atoms with van der Waals surface area (Å²) in [5.74, 6) is -0.314. The van der Waals surface area contributed by atoms with Gasteiger partial charge in [-0.05, 0) is 18.2 Å². The number of nitrogens with zero attached hydrogens (tertiary/aromatic N) is 2. The Bertz CT molecular complexity index is 608. The molecule has 18 heavy (non-hydrogen) atoms. The number of ether oxygens (including phenoxy) is 1. The lowest BCUT2D eigenvalue weighted by Crippen LogP contribution is -2.15. The second kappa shape index (κ2) is 4.52. The third-order valence-electron chi connectivity index (χ3n) is 2.72. The van der Waals surface area contributed by atoms with Crippen molar-refractivity contribution in [3.05, 3.63) is 30.0 Å². The zero-order valence-electron chi connectivity index (χ0n) is 10.5. The Kier molecular flexibility index (Phi) is 3.06. The molecule has 0 radical (unpaired) electrons. The van der Waals surface area contributed by atoms with Crippen molar-refractivity contribution >= 4 is 22.6 Å². The van der Waals surface area contributed by atoms with E-state index < -0.39 is 5.97 Å². The number of pyridine rings is 1. The van der Waals surface area contributed by atoms with Gasteiger partial charge in [-0.2, -0.15) is 0 Å². The van der Waals surface area contributed by atoms with E-state index in [9.17, 15) is 9.90 Å². The summed E-state index contributed by atoms with van der Waals surface area (Å²) in [7, 11) is 5.19. The van der Waals surface area contributed by atoms with Crippen molar-refractivity contribution in [2.24, 2.45) is 0 Å². The van der Waals surface area contributed by atoms with Gasteiger partial charge in [-0.3, -0.25) is 4.98 Å². The summed E-state index contributed by atoms with van der Waals surface area (Å²) in [6.45, 7) is 0. The molecule has 0 spiro atoms. The molecule has 0 aliphatic rings. The number of anilines is 1. The number of carbonyl (C=O) groups is 1. The Hall–Kier alpha value is -2.30. The van der Waals surface area contributed by atoms with Crippen LogP contribution in [0.25, 0.3) is 10.9 Å². The van der Waals surface area contributed by atoms with Crippen molar-refractivity contribution in [1.29, 1.82) is 0 Å². The molecule has 0 amide bonds. The number of rotatable bonds is 3. The van der Waals surface area contributed by atoms with Gasteiger partial charge in [0.25, 0.3) is 0 Å². The van der Waals surface area contributed by atoms with Gasteiger partial charge >= 0.3 is 5.97 Å². The molecule has 1 aromatic carbocycles. The second-order valence-electron chi connectivity index (χ2n) is 4.10. The van der Waals surface area contributed by atoms with Crippen LogP contribution in [0, 0.1) is 0 Å². The van der Waals surface area contributed by atoms with Crippen LogP contribution in [-0.4, -0.2) is 37.3 Å². The highest BCUT2D eigenvalue weighted by atomic mass is 16.5. The fraction of sp³-hybridized carbons (Fsp3) is 0.231. The summed E-state index contributed by atoms with van der Waals surface area (Å²) in [5, 5.41) is 9.97. The number of hydrogen-bond donors (Lipinski definition) is 1. The molecular weight excluding hydrogens is 232 g/mol. The van der Waals surface area contributed by atoms with Crippen molar-refractivity contribution in [3.63, 3.8) is 0 Å². The molecule has 1 aromatic heterocycles. The number of fused-ring (bicyclic) bond motifs is 1. The quantitative estimate of drug-likeness (QED) is 0.897. The van der Waals surface area contributed by atoms with E-state index in [0.717, 1.165) is 10.9 Å². The minimum absolute atomic E-state index is 0.181. The van der Waals surface area contributed by atoms with Gasteiger partial charge in [-0.1, -0.05) is 0 Å². The van der Waals surface area contributed by atoms with Crippen LogP contribution in [0.2, 0.25) is 0 Å². The first-order valence-electron chi connectivity index (χ1n) is 5.42. The number of carboxylic acids is 1. The van der Waals surface area contributed by atoms with Crippen LogP contribution < -0.4 is 9.64 Å². The van der Waals surface area contributed by atoms with E-state index in [1.165, 1.54) is 6.20 Å². The van der Waals surface area contributed by atoms with Gasteiger partial charge in [0.2, 0.25) is 0 Å². The molecule has 0 saturated carbocycles. The maximum absolute atomic E-state index is 11.2. The Morgan fingerprint density at radius 1 is 1.39 bits per heavy atom. The van der Waals surface area contributed by atoms with E-state index in [1.54, 1.807) is 38.2 Å². The zero-order chi connectivity index (χ0) is 13.3. The molecule has 2 aromatic rings. The largest absolute Gasteiger partial charge is 0.497 e. The fourth-order valence-corrected chi connectivity index (χ4v) is 1.92. The topological polar surface area (TPSA) is 62.7 Å². The van der Waals surface area contributed by atoms with Gasteiger partial charge in [0.1, 0.15) is 11.3 Å². The van der Waals surface area contributed by atoms with E-state index in [-0.39, 0.29) is 5.56 Å². The molecule has 0 bridgehead atoms. The molecular formula is C13H14N2O3. The number of aromatic carboxylic acids is 1. The first-order valence-corrected chi connectivity index (χ1v) is 5.42. The van der Waals surface area contributed by atoms with Gasteiger partial charge in [0.05, 0.1) is 18.3 Å². The van der Waals surface area contributed by atoms with E-state index in [2.05, 4.69) is 4.98 Å². The SMILES string of the molecule is COc1ccc2ncc(C(=O)O)c(N(C)C)c2c1. The number of carboxylic acid groups (broad SMARTS) is 1. The predicted molar refractivity (Wildman–Crippen MR) is 69.6 cm³/mol. The van der Waals surface area contributed by atoms with E-state index >= 15 is 0 Å². The van der Waals surface area contributed by atoms with Crippen LogP contribution in [0.15, 0.2) is 24.4 Å². The Morgan fingerprint density at radius 3 is 2.67 bits per heavy atom. The first-order chi connectivity index (χ1) is 8.54. The number of methoxy groups -OCH3 is 1. The Morgan fingerprint density at radius 2 is 2.11 bits per heavy atom. The standard InChI is InChI=1S/C13H14N2O3/c1-15(2)12-9-6-8(18-3)4-5-11(9)14-7-10(12)13(16)17/h4-7H,1-3H3,(H,16,17). The summed E-state index contributed by atoms with van der Waals surface area (Å²) in [4.78, 5) is 17.2. The van der Waals surface area contributed by atoms with Crippen LogP contribution in [-0.2, 0) is 0 Å². The number of hydrogen-bond acceptors (Lipinski definition) is 4. The normalized spacial score (nSPS) is 10.4. The summed E-state index contributed by atoms with van der Waals surface area (Å²) in [6.07, 6.45) is 1.38. The molecule has 0 fully saturated rings. The van der Waals surface area contributed by atoms with Gasteiger partial charge in [-0.15, -0.1) is 0 Å². The van der Waals surface area contributed by atoms with Crippen LogP contribution in [0.5, 0.6) is 5.75 Å². The summed E-state index contributed by atoms with van der Waals surface area (Å²) in [6, 6.07) is 5.41. The Balaban J connectivity index is 2.82. The van der Waals surface area contributed by atoms with E-state index in [0.29, 0.717) is 11.4 Å². The van der Waals surface area contributed by atoms with Gasteiger partial charge in [-0.25, -0.2) is 4.79 Å². The average Bonchev–Trinajstić information content (AvgIpc) is 2.36. The lowest BCUT2D eigenvalue weighted by molar-refractivity contribution is 0.0697. The lowest BCUT2D eigenvalue weighted by Gasteiger charge is -2.18. The molecule has 0 saturated heterocycles. The molecule has 1 heterocycles. The minimum atomic E-state index is -0.990.